The van der Waals surface area contributed by atoms with Crippen molar-refractivity contribution in [3.63, 3.8) is 0 Å². The van der Waals surface area contributed by atoms with E-state index in [9.17, 15) is 36.8 Å². The van der Waals surface area contributed by atoms with Crippen molar-refractivity contribution in [2.75, 3.05) is 6.54 Å². The SMILES string of the molecule is O=C(N[C@H]1CCCCCC=C[C@@H]2C[C@@]2(C(=O)NS(=O)(=O)C2CC2)NC(=O)[C@@H]2C[C@@H](OC(=O)N3Cc4cccc(F)c4C3)CN2C1=O)OC1C[C@@H]2C[C@@H]2C1. The van der Waals surface area contributed by atoms with E-state index in [1.165, 1.54) is 15.9 Å². The number of halogens is 1. The molecule has 3 heterocycles. The van der Waals surface area contributed by atoms with Crippen LogP contribution in [0.4, 0.5) is 14.0 Å². The number of carbonyl (C=O) groups excluding carboxylic acids is 5. The van der Waals surface area contributed by atoms with Gasteiger partial charge in [-0.2, -0.15) is 0 Å². The summed E-state index contributed by atoms with van der Waals surface area (Å²) < 4.78 is 53.7. The first-order valence-corrected chi connectivity index (χ1v) is 20.5. The van der Waals surface area contributed by atoms with Crippen LogP contribution in [-0.4, -0.2) is 89.8 Å². The summed E-state index contributed by atoms with van der Waals surface area (Å²) in [5.74, 6) is -1.81. The largest absolute Gasteiger partial charge is 0.446 e. The van der Waals surface area contributed by atoms with Gasteiger partial charge in [0.15, 0.2) is 0 Å². The number of hydrogen-bond donors (Lipinski definition) is 3. The van der Waals surface area contributed by atoms with Crippen molar-refractivity contribution >= 4 is 39.9 Å². The fraction of sp³-hybridized carbons (Fsp3) is 0.649. The molecule has 4 aliphatic carbocycles. The van der Waals surface area contributed by atoms with E-state index in [-0.39, 0.29) is 45.0 Å². The monoisotopic (exact) mass is 755 g/mol. The maximum Gasteiger partial charge on any atom is 0.410 e. The number of amides is 5. The quantitative estimate of drug-likeness (QED) is 0.368. The van der Waals surface area contributed by atoms with Crippen LogP contribution in [0, 0.1) is 23.6 Å². The van der Waals surface area contributed by atoms with E-state index < -0.39 is 80.6 Å². The molecule has 3 N–H and O–H groups in total. The molecule has 8 atom stereocenters. The smallest absolute Gasteiger partial charge is 0.410 e. The maximum absolute atomic E-state index is 14.4. The molecular weight excluding hydrogens is 709 g/mol. The van der Waals surface area contributed by atoms with Gasteiger partial charge in [-0.05, 0) is 81.3 Å². The van der Waals surface area contributed by atoms with Crippen LogP contribution >= 0.6 is 0 Å². The number of hydrogen-bond acceptors (Lipinski definition) is 9. The van der Waals surface area contributed by atoms with Crippen LogP contribution in [0.2, 0.25) is 0 Å². The van der Waals surface area contributed by atoms with E-state index in [0.717, 1.165) is 32.1 Å². The first-order chi connectivity index (χ1) is 25.4. The van der Waals surface area contributed by atoms with Crippen LogP contribution in [0.3, 0.4) is 0 Å². The molecule has 14 nitrogen and oxygen atoms in total. The highest BCUT2D eigenvalue weighted by molar-refractivity contribution is 7.91. The predicted molar refractivity (Wildman–Crippen MR) is 185 cm³/mol. The van der Waals surface area contributed by atoms with Gasteiger partial charge in [-0.1, -0.05) is 37.1 Å². The fourth-order valence-electron chi connectivity index (χ4n) is 8.66. The number of rotatable bonds is 6. The lowest BCUT2D eigenvalue weighted by Crippen LogP contribution is -2.58. The Kier molecular flexibility index (Phi) is 9.38. The van der Waals surface area contributed by atoms with Gasteiger partial charge in [0.1, 0.15) is 35.6 Å². The average Bonchev–Trinajstić information content (AvgIpc) is 4.07. The average molecular weight is 756 g/mol. The van der Waals surface area contributed by atoms with Gasteiger partial charge in [0.2, 0.25) is 21.8 Å². The Labute approximate surface area is 307 Å². The molecule has 5 fully saturated rings. The zero-order valence-corrected chi connectivity index (χ0v) is 30.3. The minimum atomic E-state index is -3.92. The molecule has 53 heavy (non-hydrogen) atoms. The second-order valence-electron chi connectivity index (χ2n) is 15.9. The number of allylic oxidation sites excluding steroid dienone is 1. The standard InChI is InChI=1S/C37H46FN5O9S/c38-29-9-6-7-21-18-42(20-28(21)29)36(48)52-26-16-31-32(44)40-37(34(46)41-53(49,50)27-11-12-27)17-24(37)8-4-2-1-3-5-10-30(33(45)43(31)19-26)39-35(47)51-25-14-22-13-23(22)15-25/h4,6-9,22-27,30-31H,1-3,5,10-20H2,(H,39,47)(H,40,44)(H,41,46)/t22-,23+,24-,25?,26-,30+,31+,37-/m1/s1. The molecule has 4 saturated carbocycles. The molecule has 8 rings (SSSR count). The maximum atomic E-state index is 14.4. The lowest BCUT2D eigenvalue weighted by atomic mass is 10.0. The third kappa shape index (κ3) is 7.47. The van der Waals surface area contributed by atoms with Crippen LogP contribution in [0.1, 0.15) is 88.2 Å². The molecule has 1 saturated heterocycles. The van der Waals surface area contributed by atoms with Gasteiger partial charge in [-0.3, -0.25) is 24.0 Å². The Bertz CT molecular complexity index is 1830. The highest BCUT2D eigenvalue weighted by atomic mass is 32.2. The van der Waals surface area contributed by atoms with Gasteiger partial charge < -0.3 is 25.0 Å². The van der Waals surface area contributed by atoms with Crippen molar-refractivity contribution in [1.82, 2.24) is 25.2 Å². The zero-order chi connectivity index (χ0) is 37.1. The van der Waals surface area contributed by atoms with Crippen LogP contribution in [0.25, 0.3) is 0 Å². The van der Waals surface area contributed by atoms with E-state index in [0.29, 0.717) is 48.6 Å². The third-order valence-corrected chi connectivity index (χ3v) is 13.9. The Morgan fingerprint density at radius 3 is 2.49 bits per heavy atom. The van der Waals surface area contributed by atoms with Crippen molar-refractivity contribution in [3.8, 4) is 0 Å². The summed E-state index contributed by atoms with van der Waals surface area (Å²) >= 11 is 0. The number of fused-ring (bicyclic) bond motifs is 4. The molecule has 7 aliphatic rings. The summed E-state index contributed by atoms with van der Waals surface area (Å²) in [5, 5.41) is 4.92. The molecule has 1 aromatic rings. The van der Waals surface area contributed by atoms with Crippen LogP contribution in [-0.2, 0) is 47.0 Å². The molecule has 0 radical (unpaired) electrons. The lowest BCUT2D eigenvalue weighted by Gasteiger charge is -2.30. The second kappa shape index (κ2) is 13.9. The topological polar surface area (TPSA) is 181 Å². The number of nitrogens with one attached hydrogen (secondary N) is 3. The molecule has 3 aliphatic heterocycles. The van der Waals surface area contributed by atoms with Gasteiger partial charge in [-0.25, -0.2) is 22.4 Å². The number of benzene rings is 1. The Hall–Kier alpha value is -4.21. The highest BCUT2D eigenvalue weighted by Crippen LogP contribution is 2.52. The number of ether oxygens (including phenoxy) is 2. The first kappa shape index (κ1) is 35.8. The van der Waals surface area contributed by atoms with Gasteiger partial charge in [0, 0.05) is 24.4 Å². The summed E-state index contributed by atoms with van der Waals surface area (Å²) in [6.45, 7) is -0.0271. The number of nitrogens with zero attached hydrogens (tertiary/aromatic N) is 2. The van der Waals surface area contributed by atoms with E-state index in [1.54, 1.807) is 12.1 Å². The number of alkyl carbamates (subject to hydrolysis) is 1. The first-order valence-electron chi connectivity index (χ1n) is 18.9. The molecule has 0 aromatic heterocycles. The molecule has 5 amide bonds. The van der Waals surface area contributed by atoms with Crippen LogP contribution in [0.15, 0.2) is 30.4 Å². The lowest BCUT2D eigenvalue weighted by molar-refractivity contribution is -0.141. The van der Waals surface area contributed by atoms with Crippen LogP contribution in [0.5, 0.6) is 0 Å². The van der Waals surface area contributed by atoms with Crippen molar-refractivity contribution in [2.45, 2.75) is 125 Å². The summed E-state index contributed by atoms with van der Waals surface area (Å²) in [7, 11) is -3.92. The second-order valence-corrected chi connectivity index (χ2v) is 17.9. The van der Waals surface area contributed by atoms with Gasteiger partial charge in [0.25, 0.3) is 5.91 Å². The summed E-state index contributed by atoms with van der Waals surface area (Å²) in [4.78, 5) is 71.4. The summed E-state index contributed by atoms with van der Waals surface area (Å²) in [6.07, 6.45) is 7.97. The summed E-state index contributed by atoms with van der Waals surface area (Å²) in [5.41, 5.74) is -0.492. The molecular formula is C37H46FN5O9S. The number of carbonyl (C=O) groups is 5. The van der Waals surface area contributed by atoms with E-state index >= 15 is 0 Å². The Morgan fingerprint density at radius 1 is 0.943 bits per heavy atom. The van der Waals surface area contributed by atoms with Crippen molar-refractivity contribution < 1.29 is 46.3 Å². The van der Waals surface area contributed by atoms with Crippen molar-refractivity contribution in [2.24, 2.45) is 17.8 Å². The molecule has 0 spiro atoms. The van der Waals surface area contributed by atoms with E-state index in [2.05, 4.69) is 15.4 Å². The highest BCUT2D eigenvalue weighted by Gasteiger charge is 2.62. The van der Waals surface area contributed by atoms with E-state index in [4.69, 9.17) is 9.47 Å². The van der Waals surface area contributed by atoms with Gasteiger partial charge >= 0.3 is 12.2 Å². The minimum Gasteiger partial charge on any atom is -0.446 e. The molecule has 0 bridgehead atoms. The fourth-order valence-corrected chi connectivity index (χ4v) is 10.0. The Balaban J connectivity index is 1.02. The molecule has 1 unspecified atom stereocenters. The molecule has 286 valence electrons. The zero-order valence-electron chi connectivity index (χ0n) is 29.5. The van der Waals surface area contributed by atoms with Crippen molar-refractivity contribution in [1.29, 1.82) is 0 Å². The molecule has 16 heteroatoms. The van der Waals surface area contributed by atoms with Gasteiger partial charge in [0.05, 0.1) is 18.3 Å². The number of sulfonamides is 1. The Morgan fingerprint density at radius 2 is 1.74 bits per heavy atom. The normalized spacial score (nSPS) is 33.6. The minimum absolute atomic E-state index is 0.00696. The molecule has 1 aromatic carbocycles. The third-order valence-electron chi connectivity index (χ3n) is 12.1. The van der Waals surface area contributed by atoms with Crippen LogP contribution < -0.4 is 15.4 Å². The predicted octanol–water partition coefficient (Wildman–Crippen LogP) is 3.14. The van der Waals surface area contributed by atoms with Crippen molar-refractivity contribution in [3.05, 3.63) is 47.3 Å². The van der Waals surface area contributed by atoms with E-state index in [1.807, 2.05) is 12.2 Å². The summed E-state index contributed by atoms with van der Waals surface area (Å²) in [6, 6.07) is 2.38. The van der Waals surface area contributed by atoms with Gasteiger partial charge in [-0.15, -0.1) is 0 Å².